The minimum absolute atomic E-state index is 0.0994. The largest absolute Gasteiger partial charge is 0.354 e. The summed E-state index contributed by atoms with van der Waals surface area (Å²) in [5.74, 6) is -0.405. The molecule has 1 aliphatic rings. The van der Waals surface area contributed by atoms with E-state index in [0.29, 0.717) is 12.1 Å². The third-order valence-electron chi connectivity index (χ3n) is 2.57. The van der Waals surface area contributed by atoms with Crippen LogP contribution in [-0.2, 0) is 10.2 Å². The maximum atomic E-state index is 13.3. The molecule has 68 valence electrons. The Morgan fingerprint density at radius 2 is 2.15 bits per heavy atom. The van der Waals surface area contributed by atoms with Crippen LogP contribution < -0.4 is 5.32 Å². The maximum Gasteiger partial charge on any atom is 0.232 e. The van der Waals surface area contributed by atoms with Crippen LogP contribution >= 0.6 is 0 Å². The summed E-state index contributed by atoms with van der Waals surface area (Å²) >= 11 is 0. The van der Waals surface area contributed by atoms with Crippen LogP contribution in [0, 0.1) is 5.82 Å². The van der Waals surface area contributed by atoms with E-state index in [1.165, 1.54) is 6.07 Å². The van der Waals surface area contributed by atoms with Gasteiger partial charge in [0.1, 0.15) is 5.82 Å². The van der Waals surface area contributed by atoms with Gasteiger partial charge in [-0.1, -0.05) is 18.2 Å². The molecule has 0 aromatic heterocycles. The van der Waals surface area contributed by atoms with Crippen LogP contribution in [0.5, 0.6) is 0 Å². The Morgan fingerprint density at radius 3 is 2.62 bits per heavy atom. The van der Waals surface area contributed by atoms with Crippen molar-refractivity contribution in [1.29, 1.82) is 0 Å². The van der Waals surface area contributed by atoms with E-state index >= 15 is 0 Å². The monoisotopic (exact) mass is 179 g/mol. The van der Waals surface area contributed by atoms with Crippen molar-refractivity contribution in [3.8, 4) is 0 Å². The van der Waals surface area contributed by atoms with Crippen molar-refractivity contribution in [2.24, 2.45) is 0 Å². The molecular weight excluding hydrogens is 169 g/mol. The quantitative estimate of drug-likeness (QED) is 0.645. The minimum atomic E-state index is -0.661. The number of carbonyl (C=O) groups is 1. The summed E-state index contributed by atoms with van der Waals surface area (Å²) in [6.45, 7) is 2.27. The fraction of sp³-hybridized carbons (Fsp3) is 0.300. The molecule has 2 rings (SSSR count). The first kappa shape index (κ1) is 8.23. The van der Waals surface area contributed by atoms with E-state index in [-0.39, 0.29) is 11.7 Å². The molecule has 1 amide bonds. The Balaban J connectivity index is 2.46. The minimum Gasteiger partial charge on any atom is -0.354 e. The van der Waals surface area contributed by atoms with E-state index < -0.39 is 5.41 Å². The molecule has 1 N–H and O–H groups in total. The topological polar surface area (TPSA) is 29.1 Å². The summed E-state index contributed by atoms with van der Waals surface area (Å²) in [4.78, 5) is 11.2. The molecule has 3 heteroatoms. The van der Waals surface area contributed by atoms with Gasteiger partial charge in [-0.2, -0.15) is 0 Å². The van der Waals surface area contributed by atoms with Crippen molar-refractivity contribution in [2.75, 3.05) is 6.54 Å². The van der Waals surface area contributed by atoms with Gasteiger partial charge < -0.3 is 5.32 Å². The van der Waals surface area contributed by atoms with Crippen molar-refractivity contribution in [3.63, 3.8) is 0 Å². The van der Waals surface area contributed by atoms with Crippen molar-refractivity contribution in [2.45, 2.75) is 12.3 Å². The molecule has 1 aromatic rings. The van der Waals surface area contributed by atoms with E-state index in [2.05, 4.69) is 5.32 Å². The lowest BCUT2D eigenvalue weighted by atomic mass is 9.76. The van der Waals surface area contributed by atoms with E-state index in [0.717, 1.165) is 0 Å². The van der Waals surface area contributed by atoms with Crippen molar-refractivity contribution in [3.05, 3.63) is 35.6 Å². The molecule has 0 saturated carbocycles. The average molecular weight is 179 g/mol. The lowest BCUT2D eigenvalue weighted by molar-refractivity contribution is -0.133. The number of benzene rings is 1. The normalized spacial score (nSPS) is 26.5. The second-order valence-electron chi connectivity index (χ2n) is 3.49. The van der Waals surface area contributed by atoms with Crippen molar-refractivity contribution < 1.29 is 9.18 Å². The van der Waals surface area contributed by atoms with Crippen LogP contribution in [0.4, 0.5) is 4.39 Å². The Morgan fingerprint density at radius 1 is 1.46 bits per heavy atom. The summed E-state index contributed by atoms with van der Waals surface area (Å²) < 4.78 is 13.3. The molecule has 13 heavy (non-hydrogen) atoms. The zero-order valence-electron chi connectivity index (χ0n) is 7.30. The van der Waals surface area contributed by atoms with Crippen LogP contribution in [0.1, 0.15) is 12.5 Å². The van der Waals surface area contributed by atoms with Gasteiger partial charge in [-0.05, 0) is 13.0 Å². The van der Waals surface area contributed by atoms with E-state index in [9.17, 15) is 9.18 Å². The molecule has 0 bridgehead atoms. The highest BCUT2D eigenvalue weighted by Gasteiger charge is 2.44. The Kier molecular flexibility index (Phi) is 1.62. The third-order valence-corrected chi connectivity index (χ3v) is 2.57. The summed E-state index contributed by atoms with van der Waals surface area (Å²) in [5.41, 5.74) is -0.176. The maximum absolute atomic E-state index is 13.3. The number of carbonyl (C=O) groups excluding carboxylic acids is 1. The molecule has 0 spiro atoms. The highest BCUT2D eigenvalue weighted by Crippen LogP contribution is 2.30. The Labute approximate surface area is 75.8 Å². The molecular formula is C10H10FNO. The zero-order chi connectivity index (χ0) is 9.47. The molecule has 0 aliphatic carbocycles. The van der Waals surface area contributed by atoms with Gasteiger partial charge in [-0.25, -0.2) is 4.39 Å². The van der Waals surface area contributed by atoms with Gasteiger partial charge in [0.25, 0.3) is 0 Å². The van der Waals surface area contributed by atoms with Crippen LogP contribution in [-0.4, -0.2) is 12.5 Å². The molecule has 2 nitrogen and oxygen atoms in total. The molecule has 0 radical (unpaired) electrons. The first-order valence-electron chi connectivity index (χ1n) is 4.18. The average Bonchev–Trinajstić information content (AvgIpc) is 2.15. The van der Waals surface area contributed by atoms with Gasteiger partial charge >= 0.3 is 0 Å². The lowest BCUT2D eigenvalue weighted by Crippen LogP contribution is -2.60. The van der Waals surface area contributed by atoms with Gasteiger partial charge in [-0.15, -0.1) is 0 Å². The van der Waals surface area contributed by atoms with Gasteiger partial charge in [0.2, 0.25) is 5.91 Å². The second kappa shape index (κ2) is 2.55. The van der Waals surface area contributed by atoms with E-state index in [1.807, 2.05) is 0 Å². The van der Waals surface area contributed by atoms with E-state index in [4.69, 9.17) is 0 Å². The molecule has 1 heterocycles. The van der Waals surface area contributed by atoms with Crippen LogP contribution in [0.3, 0.4) is 0 Å². The van der Waals surface area contributed by atoms with Gasteiger partial charge in [0.05, 0.1) is 5.41 Å². The molecule has 0 unspecified atom stereocenters. The fourth-order valence-electron chi connectivity index (χ4n) is 1.55. The molecule has 1 fully saturated rings. The zero-order valence-corrected chi connectivity index (χ0v) is 7.30. The van der Waals surface area contributed by atoms with E-state index in [1.54, 1.807) is 25.1 Å². The highest BCUT2D eigenvalue weighted by atomic mass is 19.1. The number of nitrogens with one attached hydrogen (secondary N) is 1. The van der Waals surface area contributed by atoms with Crippen LogP contribution in [0.25, 0.3) is 0 Å². The second-order valence-corrected chi connectivity index (χ2v) is 3.49. The Bertz CT molecular complexity index is 364. The summed E-state index contributed by atoms with van der Waals surface area (Å²) in [6.07, 6.45) is 0. The van der Waals surface area contributed by atoms with Crippen LogP contribution in [0.15, 0.2) is 24.3 Å². The number of halogens is 1. The molecule has 1 atom stereocenters. The summed E-state index contributed by atoms with van der Waals surface area (Å²) in [6, 6.07) is 6.41. The number of β-lactam (4-membered cyclic amide) rings is 1. The number of amides is 1. The van der Waals surface area contributed by atoms with Crippen molar-refractivity contribution in [1.82, 2.24) is 5.32 Å². The van der Waals surface area contributed by atoms with Gasteiger partial charge in [0.15, 0.2) is 0 Å². The SMILES string of the molecule is C[C@@]1(c2ccccc2F)CNC1=O. The third kappa shape index (κ3) is 1.03. The molecule has 1 aromatic carbocycles. The fourth-order valence-corrected chi connectivity index (χ4v) is 1.55. The number of hydrogen-bond acceptors (Lipinski definition) is 1. The standard InChI is InChI=1S/C10H10FNO/c1-10(6-12-9(10)13)7-4-2-3-5-8(7)11/h2-5H,6H2,1H3,(H,12,13)/t10-/m0/s1. The first-order chi connectivity index (χ1) is 6.14. The predicted molar refractivity (Wildman–Crippen MR) is 46.8 cm³/mol. The summed E-state index contributed by atoms with van der Waals surface area (Å²) in [5, 5.41) is 2.62. The number of rotatable bonds is 1. The lowest BCUT2D eigenvalue weighted by Gasteiger charge is -2.37. The van der Waals surface area contributed by atoms with Gasteiger partial charge in [-0.3, -0.25) is 4.79 Å². The van der Waals surface area contributed by atoms with Crippen molar-refractivity contribution >= 4 is 5.91 Å². The van der Waals surface area contributed by atoms with Gasteiger partial charge in [0, 0.05) is 12.1 Å². The predicted octanol–water partition coefficient (Wildman–Crippen LogP) is 1.21. The molecule has 1 aliphatic heterocycles. The first-order valence-corrected chi connectivity index (χ1v) is 4.18. The molecule has 1 saturated heterocycles. The van der Waals surface area contributed by atoms with Crippen LogP contribution in [0.2, 0.25) is 0 Å². The number of hydrogen-bond donors (Lipinski definition) is 1. The smallest absolute Gasteiger partial charge is 0.232 e. The highest BCUT2D eigenvalue weighted by molar-refractivity contribution is 5.93. The Hall–Kier alpha value is -1.38. The summed E-state index contributed by atoms with van der Waals surface area (Å²) in [7, 11) is 0.